The zero-order chi connectivity index (χ0) is 10.7. The van der Waals surface area contributed by atoms with Crippen molar-refractivity contribution in [2.45, 2.75) is 6.92 Å². The smallest absolute Gasteiger partial charge is 0.0991 e. The maximum absolute atomic E-state index is 8.78. The number of aryl methyl sites for hydroxylation is 1. The molecular weight excluding hydrogens is 186 g/mol. The highest BCUT2D eigenvalue weighted by molar-refractivity contribution is 5.56. The zero-order valence-corrected chi connectivity index (χ0v) is 8.90. The number of rotatable bonds is 1. The molecule has 0 saturated carbocycles. The van der Waals surface area contributed by atoms with Gasteiger partial charge in [-0.2, -0.15) is 5.26 Å². The van der Waals surface area contributed by atoms with Gasteiger partial charge in [0.2, 0.25) is 0 Å². The Bertz CT molecular complexity index is 386. The number of nitrogens with zero attached hydrogens (tertiary/aromatic N) is 3. The average Bonchev–Trinajstić information content (AvgIpc) is 2.30. The van der Waals surface area contributed by atoms with Crippen LogP contribution >= 0.6 is 0 Å². The Morgan fingerprint density at radius 1 is 1.33 bits per heavy atom. The van der Waals surface area contributed by atoms with Crippen LogP contribution in [-0.2, 0) is 0 Å². The molecule has 1 aliphatic rings. The monoisotopic (exact) mass is 200 g/mol. The summed E-state index contributed by atoms with van der Waals surface area (Å²) in [4.78, 5) is 2.34. The lowest BCUT2D eigenvalue weighted by Crippen LogP contribution is -2.40. The average molecular weight is 200 g/mol. The first kappa shape index (κ1) is 10.0. The highest BCUT2D eigenvalue weighted by Gasteiger charge is 2.12. The first-order valence-electron chi connectivity index (χ1n) is 5.20. The summed E-state index contributed by atoms with van der Waals surface area (Å²) in [6, 6.07) is 8.03. The molecule has 1 heterocycles. The molecule has 1 aliphatic heterocycles. The van der Waals surface area contributed by atoms with E-state index in [1.54, 1.807) is 0 Å². The van der Waals surface area contributed by atoms with Gasteiger partial charge >= 0.3 is 0 Å². The zero-order valence-electron chi connectivity index (χ0n) is 8.90. The fraction of sp³-hybridized carbons (Fsp3) is 0.417. The van der Waals surface area contributed by atoms with Gasteiger partial charge in [0, 0.05) is 31.9 Å². The lowest BCUT2D eigenvalue weighted by molar-refractivity contribution is 0.578. The normalized spacial score (nSPS) is 16.1. The van der Waals surface area contributed by atoms with Gasteiger partial charge in [0.25, 0.3) is 0 Å². The number of anilines is 1. The topological polar surface area (TPSA) is 41.1 Å². The van der Waals surface area contributed by atoms with E-state index >= 15 is 0 Å². The van der Waals surface area contributed by atoms with Crippen molar-refractivity contribution >= 4 is 5.69 Å². The van der Waals surface area contributed by atoms with Crippen LogP contribution in [0.5, 0.6) is 0 Å². The molecular formula is C12H14N3. The van der Waals surface area contributed by atoms with E-state index in [4.69, 9.17) is 5.26 Å². The van der Waals surface area contributed by atoms with E-state index in [1.807, 2.05) is 18.2 Å². The van der Waals surface area contributed by atoms with Crippen molar-refractivity contribution in [2.24, 2.45) is 0 Å². The van der Waals surface area contributed by atoms with Crippen LogP contribution in [0.25, 0.3) is 0 Å². The molecule has 0 aromatic heterocycles. The second-order valence-corrected chi connectivity index (χ2v) is 3.77. The third-order valence-electron chi connectivity index (χ3n) is 2.72. The molecule has 0 N–H and O–H groups in total. The summed E-state index contributed by atoms with van der Waals surface area (Å²) in [5.41, 5.74) is 3.15. The first-order chi connectivity index (χ1) is 7.31. The van der Waals surface area contributed by atoms with Gasteiger partial charge in [-0.15, -0.1) is 0 Å². The van der Waals surface area contributed by atoms with E-state index in [2.05, 4.69) is 23.2 Å². The lowest BCUT2D eigenvalue weighted by atomic mass is 10.1. The van der Waals surface area contributed by atoms with Crippen LogP contribution < -0.4 is 10.2 Å². The number of benzene rings is 1. The molecule has 15 heavy (non-hydrogen) atoms. The second-order valence-electron chi connectivity index (χ2n) is 3.77. The highest BCUT2D eigenvalue weighted by Crippen LogP contribution is 2.21. The third-order valence-corrected chi connectivity index (χ3v) is 2.72. The molecule has 77 valence electrons. The van der Waals surface area contributed by atoms with Gasteiger partial charge in [0.15, 0.2) is 0 Å². The molecule has 3 nitrogen and oxygen atoms in total. The second kappa shape index (κ2) is 4.33. The molecule has 0 aliphatic carbocycles. The molecule has 1 radical (unpaired) electrons. The van der Waals surface area contributed by atoms with E-state index in [0.717, 1.165) is 31.7 Å². The Kier molecular flexibility index (Phi) is 2.89. The third kappa shape index (κ3) is 2.11. The standard InChI is InChI=1S/C12H14N3/c1-10-8-11(9-13)2-3-12(10)15-6-4-14-5-7-15/h2-3,8H,4-7H2,1H3. The van der Waals surface area contributed by atoms with Crippen LogP contribution in [0.1, 0.15) is 11.1 Å². The summed E-state index contributed by atoms with van der Waals surface area (Å²) in [5, 5.41) is 13.1. The summed E-state index contributed by atoms with van der Waals surface area (Å²) < 4.78 is 0. The maximum atomic E-state index is 8.78. The molecule has 1 fully saturated rings. The van der Waals surface area contributed by atoms with Crippen LogP contribution in [0.4, 0.5) is 5.69 Å². The van der Waals surface area contributed by atoms with Gasteiger partial charge in [0.1, 0.15) is 0 Å². The molecule has 0 unspecified atom stereocenters. The largest absolute Gasteiger partial charge is 0.369 e. The SMILES string of the molecule is Cc1cc(C#N)ccc1N1CC[N]CC1. The molecule has 1 aromatic carbocycles. The van der Waals surface area contributed by atoms with Gasteiger partial charge in [-0.1, -0.05) is 0 Å². The predicted octanol–water partition coefficient (Wildman–Crippen LogP) is 1.29. The minimum atomic E-state index is 0.734. The van der Waals surface area contributed by atoms with Crippen molar-refractivity contribution in [1.29, 1.82) is 5.26 Å². The molecule has 0 amide bonds. The summed E-state index contributed by atoms with van der Waals surface area (Å²) in [5.74, 6) is 0. The molecule has 0 bridgehead atoms. The van der Waals surface area contributed by atoms with Crippen LogP contribution in [-0.4, -0.2) is 26.2 Å². The van der Waals surface area contributed by atoms with E-state index in [1.165, 1.54) is 11.3 Å². The van der Waals surface area contributed by atoms with Crippen LogP contribution in [0.3, 0.4) is 0 Å². The molecule has 1 saturated heterocycles. The fourth-order valence-corrected chi connectivity index (χ4v) is 1.93. The highest BCUT2D eigenvalue weighted by atomic mass is 15.2. The maximum Gasteiger partial charge on any atom is 0.0991 e. The van der Waals surface area contributed by atoms with Crippen molar-refractivity contribution in [1.82, 2.24) is 5.32 Å². The van der Waals surface area contributed by atoms with Gasteiger partial charge in [-0.3, -0.25) is 0 Å². The van der Waals surface area contributed by atoms with Gasteiger partial charge in [0.05, 0.1) is 11.6 Å². The summed E-state index contributed by atoms with van der Waals surface area (Å²) in [6.45, 7) is 5.88. The van der Waals surface area contributed by atoms with Gasteiger partial charge in [-0.25, -0.2) is 5.32 Å². The number of piperazine rings is 1. The molecule has 1 aromatic rings. The van der Waals surface area contributed by atoms with Crippen LogP contribution in [0.2, 0.25) is 0 Å². The van der Waals surface area contributed by atoms with Crippen molar-refractivity contribution in [3.8, 4) is 6.07 Å². The molecule has 2 rings (SSSR count). The Morgan fingerprint density at radius 2 is 2.07 bits per heavy atom. The number of nitriles is 1. The minimum Gasteiger partial charge on any atom is -0.369 e. The van der Waals surface area contributed by atoms with Gasteiger partial charge < -0.3 is 4.90 Å². The lowest BCUT2D eigenvalue weighted by Gasteiger charge is -2.29. The summed E-state index contributed by atoms with van der Waals surface area (Å²) in [6.07, 6.45) is 0. The Balaban J connectivity index is 2.24. The van der Waals surface area contributed by atoms with E-state index in [-0.39, 0.29) is 0 Å². The molecule has 0 spiro atoms. The van der Waals surface area contributed by atoms with Crippen molar-refractivity contribution in [2.75, 3.05) is 31.1 Å². The van der Waals surface area contributed by atoms with Crippen molar-refractivity contribution in [3.63, 3.8) is 0 Å². The van der Waals surface area contributed by atoms with Crippen molar-refractivity contribution in [3.05, 3.63) is 29.3 Å². The van der Waals surface area contributed by atoms with E-state index < -0.39 is 0 Å². The Hall–Kier alpha value is -1.53. The van der Waals surface area contributed by atoms with Crippen molar-refractivity contribution < 1.29 is 0 Å². The minimum absolute atomic E-state index is 0.734. The quantitative estimate of drug-likeness (QED) is 0.685. The van der Waals surface area contributed by atoms with E-state index in [0.29, 0.717) is 0 Å². The Morgan fingerprint density at radius 3 is 2.67 bits per heavy atom. The number of hydrogen-bond donors (Lipinski definition) is 0. The van der Waals surface area contributed by atoms with Gasteiger partial charge in [-0.05, 0) is 30.7 Å². The first-order valence-corrected chi connectivity index (χ1v) is 5.20. The molecule has 3 heteroatoms. The van der Waals surface area contributed by atoms with Crippen LogP contribution in [0, 0.1) is 18.3 Å². The Labute approximate surface area is 90.3 Å². The fourth-order valence-electron chi connectivity index (χ4n) is 1.93. The predicted molar refractivity (Wildman–Crippen MR) is 60.0 cm³/mol. The number of hydrogen-bond acceptors (Lipinski definition) is 2. The summed E-state index contributed by atoms with van der Waals surface area (Å²) in [7, 11) is 0. The summed E-state index contributed by atoms with van der Waals surface area (Å²) >= 11 is 0. The van der Waals surface area contributed by atoms with E-state index in [9.17, 15) is 0 Å². The van der Waals surface area contributed by atoms with Crippen LogP contribution in [0.15, 0.2) is 18.2 Å². The molecule has 0 atom stereocenters.